The summed E-state index contributed by atoms with van der Waals surface area (Å²) in [6, 6.07) is 0. The van der Waals surface area contributed by atoms with Gasteiger partial charge in [-0.15, -0.1) is 6.42 Å². The quantitative estimate of drug-likeness (QED) is 0.541. The Morgan fingerprint density at radius 3 is 3.23 bits per heavy atom. The van der Waals surface area contributed by atoms with Crippen LogP contribution in [0.25, 0.3) is 11.2 Å². The molecule has 0 aliphatic heterocycles. The van der Waals surface area contributed by atoms with Crippen molar-refractivity contribution < 1.29 is 0 Å². The molecule has 13 heavy (non-hydrogen) atoms. The number of imidazole rings is 1. The van der Waals surface area contributed by atoms with Crippen LogP contribution in [0.3, 0.4) is 0 Å². The molecule has 2 aromatic rings. The lowest BCUT2D eigenvalue weighted by Crippen LogP contribution is -1.94. The first-order valence-corrected chi connectivity index (χ1v) is 4.05. The Morgan fingerprint density at radius 2 is 2.46 bits per heavy atom. The molecular formula is C8H6N4S. The van der Waals surface area contributed by atoms with Gasteiger partial charge in [-0.05, 0) is 0 Å². The van der Waals surface area contributed by atoms with Crippen LogP contribution in [0.5, 0.6) is 0 Å². The van der Waals surface area contributed by atoms with Crippen LogP contribution in [0.15, 0.2) is 12.7 Å². The third-order valence-electron chi connectivity index (χ3n) is 1.69. The molecule has 0 unspecified atom stereocenters. The Morgan fingerprint density at radius 1 is 1.62 bits per heavy atom. The lowest BCUT2D eigenvalue weighted by molar-refractivity contribution is 0.856. The minimum absolute atomic E-state index is 0.478. The summed E-state index contributed by atoms with van der Waals surface area (Å²) in [6.07, 6.45) is 8.39. The summed E-state index contributed by atoms with van der Waals surface area (Å²) in [5.74, 6) is 2.53. The van der Waals surface area contributed by atoms with Crippen LogP contribution >= 0.6 is 12.2 Å². The zero-order valence-electron chi connectivity index (χ0n) is 6.69. The van der Waals surface area contributed by atoms with Crippen LogP contribution < -0.4 is 0 Å². The van der Waals surface area contributed by atoms with Gasteiger partial charge in [0.05, 0.1) is 19.2 Å². The number of hydrogen-bond acceptors (Lipinski definition) is 3. The zero-order valence-corrected chi connectivity index (χ0v) is 7.51. The van der Waals surface area contributed by atoms with Crippen molar-refractivity contribution in [3.63, 3.8) is 0 Å². The molecule has 5 heteroatoms. The van der Waals surface area contributed by atoms with Gasteiger partial charge in [-0.3, -0.25) is 0 Å². The van der Waals surface area contributed by atoms with Crippen LogP contribution in [0.1, 0.15) is 0 Å². The molecule has 4 nitrogen and oxygen atoms in total. The van der Waals surface area contributed by atoms with Crippen molar-refractivity contribution in [1.82, 2.24) is 19.5 Å². The summed E-state index contributed by atoms with van der Waals surface area (Å²) in [7, 11) is 0. The highest BCUT2D eigenvalue weighted by Gasteiger charge is 2.02. The van der Waals surface area contributed by atoms with E-state index in [1.807, 2.05) is 4.57 Å². The van der Waals surface area contributed by atoms with E-state index < -0.39 is 0 Å². The molecular weight excluding hydrogens is 184 g/mol. The van der Waals surface area contributed by atoms with Gasteiger partial charge in [0.15, 0.2) is 4.64 Å². The maximum Gasteiger partial charge on any atom is 0.157 e. The van der Waals surface area contributed by atoms with Crippen molar-refractivity contribution in [1.29, 1.82) is 0 Å². The van der Waals surface area contributed by atoms with E-state index in [1.54, 1.807) is 12.7 Å². The highest BCUT2D eigenvalue weighted by atomic mass is 32.1. The molecule has 0 bridgehead atoms. The fourth-order valence-corrected chi connectivity index (χ4v) is 1.32. The highest BCUT2D eigenvalue weighted by Crippen LogP contribution is 2.08. The predicted octanol–water partition coefficient (Wildman–Crippen LogP) is 1.12. The smallest absolute Gasteiger partial charge is 0.157 e. The average Bonchev–Trinajstić information content (AvgIpc) is 2.51. The lowest BCUT2D eigenvalue weighted by Gasteiger charge is -1.96. The predicted molar refractivity (Wildman–Crippen MR) is 51.5 cm³/mol. The van der Waals surface area contributed by atoms with E-state index in [2.05, 4.69) is 20.9 Å². The minimum Gasteiger partial charge on any atom is -0.330 e. The van der Waals surface area contributed by atoms with E-state index in [1.165, 1.54) is 0 Å². The molecule has 64 valence electrons. The molecule has 2 rings (SSSR count). The van der Waals surface area contributed by atoms with Crippen LogP contribution in [0.2, 0.25) is 0 Å². The summed E-state index contributed by atoms with van der Waals surface area (Å²) in [5, 5.41) is 0. The largest absolute Gasteiger partial charge is 0.330 e. The molecule has 0 aromatic carbocycles. The monoisotopic (exact) mass is 190 g/mol. The number of H-pyrrole nitrogens is 1. The highest BCUT2D eigenvalue weighted by molar-refractivity contribution is 7.71. The molecule has 0 spiro atoms. The molecule has 0 atom stereocenters. The van der Waals surface area contributed by atoms with E-state index in [0.717, 1.165) is 5.65 Å². The van der Waals surface area contributed by atoms with Gasteiger partial charge in [0.1, 0.15) is 11.2 Å². The second-order valence-corrected chi connectivity index (χ2v) is 2.87. The number of nitrogens with one attached hydrogen (secondary N) is 1. The standard InChI is InChI=1S/C8H6N4S/c1-2-3-12-5-11-6-7(12)9-4-10-8(6)13/h1,4-5H,3H2,(H,9,10,13). The van der Waals surface area contributed by atoms with Gasteiger partial charge in [-0.2, -0.15) is 0 Å². The Kier molecular flexibility index (Phi) is 1.83. The number of aromatic amines is 1. The van der Waals surface area contributed by atoms with Crippen molar-refractivity contribution in [3.05, 3.63) is 17.3 Å². The molecule has 0 saturated heterocycles. The third-order valence-corrected chi connectivity index (χ3v) is 1.98. The number of hydrogen-bond donors (Lipinski definition) is 1. The first kappa shape index (κ1) is 7.95. The number of terminal acetylenes is 1. The van der Waals surface area contributed by atoms with Gasteiger partial charge in [0.25, 0.3) is 0 Å². The topological polar surface area (TPSA) is 46.5 Å². The SMILES string of the molecule is C#CCn1cnc2c(=S)nc[nH]c21. The van der Waals surface area contributed by atoms with Crippen LogP contribution in [-0.4, -0.2) is 19.5 Å². The molecule has 0 amide bonds. The second kappa shape index (κ2) is 2.99. The molecule has 0 saturated carbocycles. The molecule has 0 fully saturated rings. The summed E-state index contributed by atoms with van der Waals surface area (Å²) in [5.41, 5.74) is 1.51. The average molecular weight is 190 g/mol. The second-order valence-electron chi connectivity index (χ2n) is 2.48. The normalized spacial score (nSPS) is 10.1. The van der Waals surface area contributed by atoms with E-state index in [0.29, 0.717) is 16.7 Å². The Hall–Kier alpha value is -1.67. The number of rotatable bonds is 1. The van der Waals surface area contributed by atoms with Gasteiger partial charge in [-0.1, -0.05) is 18.1 Å². The van der Waals surface area contributed by atoms with Gasteiger partial charge < -0.3 is 9.55 Å². The molecule has 0 aliphatic rings. The van der Waals surface area contributed by atoms with Gasteiger partial charge in [-0.25, -0.2) is 9.97 Å². The Bertz CT molecular complexity index is 531. The molecule has 2 aromatic heterocycles. The number of aromatic nitrogens is 4. The first-order chi connectivity index (χ1) is 6.33. The van der Waals surface area contributed by atoms with Gasteiger partial charge >= 0.3 is 0 Å². The summed E-state index contributed by atoms with van der Waals surface area (Å²) < 4.78 is 2.30. The fraction of sp³-hybridized carbons (Fsp3) is 0.125. The Labute approximate surface area is 79.6 Å². The number of fused-ring (bicyclic) bond motifs is 1. The maximum atomic E-state index is 5.19. The summed E-state index contributed by atoms with van der Waals surface area (Å²) in [4.78, 5) is 11.0. The number of nitrogens with zero attached hydrogens (tertiary/aromatic N) is 3. The van der Waals surface area contributed by atoms with Gasteiger partial charge in [0, 0.05) is 0 Å². The van der Waals surface area contributed by atoms with Crippen molar-refractivity contribution in [3.8, 4) is 12.3 Å². The van der Waals surface area contributed by atoms with Crippen LogP contribution in [0, 0.1) is 17.0 Å². The summed E-state index contributed by atoms with van der Waals surface area (Å²) in [6.45, 7) is 0.478. The van der Waals surface area contributed by atoms with Crippen molar-refractivity contribution in [2.24, 2.45) is 0 Å². The Balaban J connectivity index is 2.77. The van der Waals surface area contributed by atoms with Crippen molar-refractivity contribution >= 4 is 23.4 Å². The lowest BCUT2D eigenvalue weighted by atomic mass is 10.5. The first-order valence-electron chi connectivity index (χ1n) is 3.65. The minimum atomic E-state index is 0.478. The van der Waals surface area contributed by atoms with Crippen LogP contribution in [-0.2, 0) is 6.54 Å². The molecule has 2 heterocycles. The maximum absolute atomic E-state index is 5.19. The third kappa shape index (κ3) is 1.21. The zero-order chi connectivity index (χ0) is 9.26. The van der Waals surface area contributed by atoms with Crippen LogP contribution in [0.4, 0.5) is 0 Å². The fourth-order valence-electron chi connectivity index (χ4n) is 1.12. The van der Waals surface area contributed by atoms with E-state index in [4.69, 9.17) is 18.6 Å². The molecule has 1 N–H and O–H groups in total. The van der Waals surface area contributed by atoms with Gasteiger partial charge in [0.2, 0.25) is 0 Å². The van der Waals surface area contributed by atoms with E-state index in [9.17, 15) is 0 Å². The van der Waals surface area contributed by atoms with Crippen molar-refractivity contribution in [2.45, 2.75) is 6.54 Å². The van der Waals surface area contributed by atoms with Crippen molar-refractivity contribution in [2.75, 3.05) is 0 Å². The van der Waals surface area contributed by atoms with E-state index >= 15 is 0 Å². The molecule has 0 aliphatic carbocycles. The summed E-state index contributed by atoms with van der Waals surface area (Å²) >= 11 is 4.99. The van der Waals surface area contributed by atoms with E-state index in [-0.39, 0.29) is 0 Å². The molecule has 0 radical (unpaired) electrons.